The molecule has 0 bridgehead atoms. The quantitative estimate of drug-likeness (QED) is 0.177. The van der Waals surface area contributed by atoms with Crippen LogP contribution in [0.25, 0.3) is 0 Å². The Labute approximate surface area is 231 Å². The standard InChI is InChI=1S/C33H28O7/c1-37-29-18-22(8-11-27(29)39-15-13-20-7-10-26-23(17-20)14-16-38-26)25-19-30(34)40-28-12-9-24(33(36)31(25)28)32(35)21-5-3-2-4-6-21/h2-12,17-18,25,36H,13-16,19H2,1H3/t25-/m0/s1. The van der Waals surface area contributed by atoms with Gasteiger partial charge in [-0.05, 0) is 47.0 Å². The summed E-state index contributed by atoms with van der Waals surface area (Å²) < 4.78 is 22.7. The summed E-state index contributed by atoms with van der Waals surface area (Å²) in [7, 11) is 1.56. The third-order valence-electron chi connectivity index (χ3n) is 7.39. The largest absolute Gasteiger partial charge is 0.507 e. The van der Waals surface area contributed by atoms with Crippen molar-refractivity contribution in [3.05, 3.63) is 112 Å². The van der Waals surface area contributed by atoms with Crippen LogP contribution in [-0.4, -0.2) is 37.2 Å². The maximum absolute atomic E-state index is 13.2. The SMILES string of the molecule is COc1cc([C@@H]2CC(=O)Oc3ccc(C(=O)c4ccccc4)c(O)c32)ccc1OCCc1ccc2c(c1)CCO2. The summed E-state index contributed by atoms with van der Waals surface area (Å²) in [6.45, 7) is 1.18. The van der Waals surface area contributed by atoms with Crippen molar-refractivity contribution in [3.8, 4) is 28.7 Å². The predicted molar refractivity (Wildman–Crippen MR) is 148 cm³/mol. The zero-order valence-electron chi connectivity index (χ0n) is 22.0. The zero-order valence-corrected chi connectivity index (χ0v) is 22.0. The summed E-state index contributed by atoms with van der Waals surface area (Å²) in [5, 5.41) is 11.3. The molecule has 4 aromatic carbocycles. The highest BCUT2D eigenvalue weighted by molar-refractivity contribution is 6.11. The van der Waals surface area contributed by atoms with Gasteiger partial charge in [-0.3, -0.25) is 9.59 Å². The first-order valence-electron chi connectivity index (χ1n) is 13.2. The number of aromatic hydroxyl groups is 1. The highest BCUT2D eigenvalue weighted by Gasteiger charge is 2.34. The summed E-state index contributed by atoms with van der Waals surface area (Å²) in [5.74, 6) is 0.828. The molecule has 4 aromatic rings. The lowest BCUT2D eigenvalue weighted by Crippen LogP contribution is -2.22. The van der Waals surface area contributed by atoms with E-state index in [1.54, 1.807) is 49.6 Å². The Bertz CT molecular complexity index is 1590. The lowest BCUT2D eigenvalue weighted by molar-refractivity contribution is -0.135. The first kappa shape index (κ1) is 25.5. The zero-order chi connectivity index (χ0) is 27.6. The molecule has 202 valence electrons. The molecule has 0 radical (unpaired) electrons. The van der Waals surface area contributed by atoms with Gasteiger partial charge in [0.2, 0.25) is 0 Å². The maximum atomic E-state index is 13.2. The fraction of sp³-hybridized carbons (Fsp3) is 0.212. The Morgan fingerprint density at radius 2 is 1.80 bits per heavy atom. The number of carbonyl (C=O) groups excluding carboxylic acids is 2. The molecule has 0 amide bonds. The maximum Gasteiger partial charge on any atom is 0.312 e. The second kappa shape index (κ2) is 10.8. The Morgan fingerprint density at radius 1 is 0.975 bits per heavy atom. The van der Waals surface area contributed by atoms with Crippen LogP contribution < -0.4 is 18.9 Å². The van der Waals surface area contributed by atoms with Crippen molar-refractivity contribution >= 4 is 11.8 Å². The lowest BCUT2D eigenvalue weighted by Gasteiger charge is -2.27. The van der Waals surface area contributed by atoms with E-state index in [-0.39, 0.29) is 29.3 Å². The van der Waals surface area contributed by atoms with Gasteiger partial charge in [0.15, 0.2) is 17.3 Å². The van der Waals surface area contributed by atoms with E-state index in [4.69, 9.17) is 18.9 Å². The van der Waals surface area contributed by atoms with Gasteiger partial charge in [-0.25, -0.2) is 0 Å². The van der Waals surface area contributed by atoms with Crippen molar-refractivity contribution in [3.63, 3.8) is 0 Å². The third-order valence-corrected chi connectivity index (χ3v) is 7.39. The van der Waals surface area contributed by atoms with Crippen molar-refractivity contribution in [2.45, 2.75) is 25.2 Å². The summed E-state index contributed by atoms with van der Waals surface area (Å²) >= 11 is 0. The monoisotopic (exact) mass is 536 g/mol. The van der Waals surface area contributed by atoms with Crippen molar-refractivity contribution in [2.24, 2.45) is 0 Å². The van der Waals surface area contributed by atoms with Gasteiger partial charge in [0.1, 0.15) is 17.2 Å². The van der Waals surface area contributed by atoms with Crippen LogP contribution in [0.15, 0.2) is 78.9 Å². The van der Waals surface area contributed by atoms with Crippen LogP contribution in [0.5, 0.6) is 28.7 Å². The number of rotatable bonds is 8. The molecule has 2 aliphatic rings. The molecular formula is C33H28O7. The molecule has 7 nitrogen and oxygen atoms in total. The van der Waals surface area contributed by atoms with Crippen LogP contribution in [0.3, 0.4) is 0 Å². The highest BCUT2D eigenvalue weighted by atomic mass is 16.5. The molecule has 0 unspecified atom stereocenters. The minimum Gasteiger partial charge on any atom is -0.507 e. The van der Waals surface area contributed by atoms with Gasteiger partial charge >= 0.3 is 5.97 Å². The molecule has 0 fully saturated rings. The van der Waals surface area contributed by atoms with Crippen LogP contribution in [0.1, 0.15) is 50.5 Å². The normalized spacial score (nSPS) is 15.4. The summed E-state index contributed by atoms with van der Waals surface area (Å²) in [6.07, 6.45) is 1.66. The minimum atomic E-state index is -0.531. The van der Waals surface area contributed by atoms with Crippen molar-refractivity contribution < 1.29 is 33.6 Å². The second-order valence-corrected chi connectivity index (χ2v) is 9.85. The lowest BCUT2D eigenvalue weighted by atomic mass is 9.84. The molecule has 0 spiro atoms. The highest BCUT2D eigenvalue weighted by Crippen LogP contribution is 2.47. The number of ether oxygens (including phenoxy) is 4. The average Bonchev–Trinajstić information content (AvgIpc) is 3.45. The number of esters is 1. The Morgan fingerprint density at radius 3 is 2.62 bits per heavy atom. The second-order valence-electron chi connectivity index (χ2n) is 9.85. The molecular weight excluding hydrogens is 508 g/mol. The number of hydrogen-bond donors (Lipinski definition) is 1. The molecule has 1 N–H and O–H groups in total. The average molecular weight is 537 g/mol. The van der Waals surface area contributed by atoms with Crippen LogP contribution in [0.4, 0.5) is 0 Å². The molecule has 40 heavy (non-hydrogen) atoms. The van der Waals surface area contributed by atoms with E-state index in [2.05, 4.69) is 12.1 Å². The molecule has 6 rings (SSSR count). The van der Waals surface area contributed by atoms with E-state index in [0.717, 1.165) is 30.8 Å². The Balaban J connectivity index is 1.25. The molecule has 2 aliphatic heterocycles. The fourth-order valence-electron chi connectivity index (χ4n) is 5.36. The number of phenolic OH excluding ortho intramolecular Hbond substituents is 1. The topological polar surface area (TPSA) is 91.3 Å². The molecule has 0 aromatic heterocycles. The van der Waals surface area contributed by atoms with Gasteiger partial charge in [-0.2, -0.15) is 0 Å². The van der Waals surface area contributed by atoms with Crippen LogP contribution in [-0.2, 0) is 17.6 Å². The molecule has 2 heterocycles. The van der Waals surface area contributed by atoms with Crippen LogP contribution >= 0.6 is 0 Å². The van der Waals surface area contributed by atoms with Crippen molar-refractivity contribution in [1.82, 2.24) is 0 Å². The smallest absolute Gasteiger partial charge is 0.312 e. The van der Waals surface area contributed by atoms with Crippen LogP contribution in [0, 0.1) is 0 Å². The Kier molecular flexibility index (Phi) is 6.86. The predicted octanol–water partition coefficient (Wildman–Crippen LogP) is 5.63. The number of fused-ring (bicyclic) bond motifs is 2. The summed E-state index contributed by atoms with van der Waals surface area (Å²) in [6, 6.07) is 23.5. The van der Waals surface area contributed by atoms with Gasteiger partial charge in [-0.1, -0.05) is 48.5 Å². The number of phenols is 1. The number of ketones is 1. The molecule has 7 heteroatoms. The third kappa shape index (κ3) is 4.86. The van der Waals surface area contributed by atoms with E-state index in [0.29, 0.717) is 29.2 Å². The van der Waals surface area contributed by atoms with E-state index >= 15 is 0 Å². The molecule has 0 aliphatic carbocycles. The fourth-order valence-corrected chi connectivity index (χ4v) is 5.36. The number of methoxy groups -OCH3 is 1. The van der Waals surface area contributed by atoms with Gasteiger partial charge in [0, 0.05) is 29.9 Å². The van der Waals surface area contributed by atoms with Crippen LogP contribution in [0.2, 0.25) is 0 Å². The van der Waals surface area contributed by atoms with Gasteiger partial charge < -0.3 is 24.1 Å². The van der Waals surface area contributed by atoms with E-state index in [1.807, 2.05) is 18.2 Å². The number of hydrogen-bond acceptors (Lipinski definition) is 7. The van der Waals surface area contributed by atoms with E-state index in [1.165, 1.54) is 17.2 Å². The van der Waals surface area contributed by atoms with Crippen molar-refractivity contribution in [2.75, 3.05) is 20.3 Å². The van der Waals surface area contributed by atoms with Crippen molar-refractivity contribution in [1.29, 1.82) is 0 Å². The van der Waals surface area contributed by atoms with Gasteiger partial charge in [-0.15, -0.1) is 0 Å². The first-order chi connectivity index (χ1) is 19.5. The van der Waals surface area contributed by atoms with E-state index in [9.17, 15) is 14.7 Å². The van der Waals surface area contributed by atoms with Gasteiger partial charge in [0.25, 0.3) is 0 Å². The number of benzene rings is 4. The first-order valence-corrected chi connectivity index (χ1v) is 13.2. The summed E-state index contributed by atoms with van der Waals surface area (Å²) in [5.41, 5.74) is 4.14. The molecule has 0 saturated carbocycles. The van der Waals surface area contributed by atoms with Gasteiger partial charge in [0.05, 0.1) is 32.3 Å². The number of carbonyl (C=O) groups is 2. The Hall–Kier alpha value is -4.78. The summed E-state index contributed by atoms with van der Waals surface area (Å²) in [4.78, 5) is 25.6. The van der Waals surface area contributed by atoms with E-state index < -0.39 is 11.9 Å². The molecule has 0 saturated heterocycles. The minimum absolute atomic E-state index is 0.00887. The molecule has 1 atom stereocenters.